The highest BCUT2D eigenvalue weighted by molar-refractivity contribution is 5.93. The second kappa shape index (κ2) is 10.1. The second-order valence-corrected chi connectivity index (χ2v) is 11.0. The molecule has 1 aliphatic heterocycles. The molecule has 0 spiro atoms. The van der Waals surface area contributed by atoms with Crippen LogP contribution >= 0.6 is 0 Å². The number of hydrogen-bond acceptors (Lipinski definition) is 9. The zero-order valence-electron chi connectivity index (χ0n) is 23.7. The molecule has 2 N–H and O–H groups in total. The number of aliphatic hydroxyl groups is 1. The number of rotatable bonds is 7. The van der Waals surface area contributed by atoms with E-state index in [9.17, 15) is 9.90 Å². The lowest BCUT2D eigenvalue weighted by molar-refractivity contribution is 0.0738. The number of nitrogens with zero attached hydrogens (tertiary/aromatic N) is 9. The van der Waals surface area contributed by atoms with E-state index in [2.05, 4.69) is 44.8 Å². The fourth-order valence-corrected chi connectivity index (χ4v) is 5.19. The molecule has 1 aliphatic rings. The van der Waals surface area contributed by atoms with E-state index in [0.29, 0.717) is 28.5 Å². The topological polar surface area (TPSA) is 122 Å². The maximum absolute atomic E-state index is 13.3. The van der Waals surface area contributed by atoms with Crippen molar-refractivity contribution in [3.05, 3.63) is 71.3 Å². The summed E-state index contributed by atoms with van der Waals surface area (Å²) in [5.41, 5.74) is 1.25. The van der Waals surface area contributed by atoms with Crippen LogP contribution in [0.15, 0.2) is 60.0 Å². The molecule has 212 valence electrons. The Labute approximate surface area is 237 Å². The van der Waals surface area contributed by atoms with Gasteiger partial charge < -0.3 is 20.2 Å². The molecule has 0 radical (unpaired) electrons. The number of piperazine rings is 1. The Morgan fingerprint density at radius 2 is 1.85 bits per heavy atom. The molecule has 12 heteroatoms. The average Bonchev–Trinajstić information content (AvgIpc) is 3.42. The molecule has 5 heterocycles. The Morgan fingerprint density at radius 1 is 1.07 bits per heavy atom. The lowest BCUT2D eigenvalue weighted by atomic mass is 10.1. The monoisotopic (exact) mass is 554 g/mol. The predicted octanol–water partition coefficient (Wildman–Crippen LogP) is 2.77. The first-order valence-corrected chi connectivity index (χ1v) is 13.6. The van der Waals surface area contributed by atoms with Gasteiger partial charge in [0.2, 0.25) is 5.95 Å². The number of allylic oxidation sites excluding steroid dienone is 1. The summed E-state index contributed by atoms with van der Waals surface area (Å²) < 4.78 is 5.05. The van der Waals surface area contributed by atoms with Crippen LogP contribution in [-0.2, 0) is 19.2 Å². The van der Waals surface area contributed by atoms with Crippen LogP contribution in [-0.4, -0.2) is 77.3 Å². The Hall–Kier alpha value is -4.55. The van der Waals surface area contributed by atoms with Crippen LogP contribution in [0.5, 0.6) is 0 Å². The Bertz CT molecular complexity index is 1820. The number of anilines is 3. The molecule has 0 bridgehead atoms. The highest BCUT2D eigenvalue weighted by atomic mass is 16.3. The molecule has 41 heavy (non-hydrogen) atoms. The van der Waals surface area contributed by atoms with Gasteiger partial charge in [0, 0.05) is 50.5 Å². The average molecular weight is 555 g/mol. The fourth-order valence-electron chi connectivity index (χ4n) is 5.19. The van der Waals surface area contributed by atoms with Crippen molar-refractivity contribution in [2.45, 2.75) is 26.0 Å². The number of hydrogen-bond donors (Lipinski definition) is 2. The van der Waals surface area contributed by atoms with Crippen molar-refractivity contribution in [3.63, 3.8) is 0 Å². The molecule has 6 rings (SSSR count). The summed E-state index contributed by atoms with van der Waals surface area (Å²) in [7, 11) is 4.09. The molecule has 1 fully saturated rings. The van der Waals surface area contributed by atoms with Crippen molar-refractivity contribution in [3.8, 4) is 5.82 Å². The van der Waals surface area contributed by atoms with Gasteiger partial charge in [-0.2, -0.15) is 10.1 Å². The molecule has 0 amide bonds. The molecule has 0 saturated carbocycles. The van der Waals surface area contributed by atoms with Crippen LogP contribution < -0.4 is 15.8 Å². The summed E-state index contributed by atoms with van der Waals surface area (Å²) >= 11 is 0. The highest BCUT2D eigenvalue weighted by Gasteiger charge is 2.23. The smallest absolute Gasteiger partial charge is 0.278 e. The van der Waals surface area contributed by atoms with E-state index in [0.717, 1.165) is 48.6 Å². The Kier molecular flexibility index (Phi) is 6.59. The van der Waals surface area contributed by atoms with Crippen molar-refractivity contribution in [2.75, 3.05) is 43.4 Å². The zero-order chi connectivity index (χ0) is 28.9. The first-order valence-electron chi connectivity index (χ1n) is 13.6. The van der Waals surface area contributed by atoms with Gasteiger partial charge in [-0.15, -0.1) is 6.58 Å². The van der Waals surface area contributed by atoms with Crippen LogP contribution in [0.1, 0.15) is 19.5 Å². The summed E-state index contributed by atoms with van der Waals surface area (Å²) in [6.07, 6.45) is 3.17. The van der Waals surface area contributed by atoms with Gasteiger partial charge in [-0.3, -0.25) is 9.48 Å². The normalized spacial score (nSPS) is 14.7. The number of nitrogens with one attached hydrogen (secondary N) is 1. The van der Waals surface area contributed by atoms with E-state index >= 15 is 0 Å². The predicted molar refractivity (Wildman–Crippen MR) is 160 cm³/mol. The summed E-state index contributed by atoms with van der Waals surface area (Å²) in [4.78, 5) is 31.8. The minimum absolute atomic E-state index is 0.249. The van der Waals surface area contributed by atoms with E-state index in [4.69, 9.17) is 10.1 Å². The van der Waals surface area contributed by atoms with Crippen molar-refractivity contribution < 1.29 is 5.11 Å². The maximum Gasteiger partial charge on any atom is 0.278 e. The molecule has 1 saturated heterocycles. The van der Waals surface area contributed by atoms with Crippen molar-refractivity contribution in [1.82, 2.24) is 39.0 Å². The van der Waals surface area contributed by atoms with Crippen LogP contribution in [0.4, 0.5) is 17.5 Å². The van der Waals surface area contributed by atoms with E-state index in [1.165, 1.54) is 10.9 Å². The van der Waals surface area contributed by atoms with Crippen molar-refractivity contribution >= 4 is 39.4 Å². The van der Waals surface area contributed by atoms with Crippen LogP contribution in [0, 0.1) is 0 Å². The number of pyridine rings is 1. The van der Waals surface area contributed by atoms with E-state index < -0.39 is 5.60 Å². The number of aromatic nitrogens is 7. The molecule has 0 aliphatic carbocycles. The first-order chi connectivity index (χ1) is 19.6. The lowest BCUT2D eigenvalue weighted by Crippen LogP contribution is -2.44. The van der Waals surface area contributed by atoms with E-state index in [1.807, 2.05) is 23.9 Å². The fraction of sp³-hybridized carbons (Fsp3) is 0.345. The molecular weight excluding hydrogens is 520 g/mol. The highest BCUT2D eigenvalue weighted by Crippen LogP contribution is 2.30. The minimum atomic E-state index is -1.15. The molecule has 12 nitrogen and oxygen atoms in total. The maximum atomic E-state index is 13.3. The SMILES string of the molecule is C=CCn1c(=O)c2cnc(Nc3ccc4c(N5CCN(C)CC5)nn(C)c4c3)nc2n1-c1cccc(C(C)(C)O)n1. The molecule has 4 aromatic heterocycles. The summed E-state index contributed by atoms with van der Waals surface area (Å²) in [6, 6.07) is 11.4. The molecule has 5 aromatic rings. The van der Waals surface area contributed by atoms with Gasteiger partial charge in [-0.25, -0.2) is 19.3 Å². The number of fused-ring (bicyclic) bond motifs is 2. The van der Waals surface area contributed by atoms with Gasteiger partial charge in [0.05, 0.1) is 17.8 Å². The Balaban J connectivity index is 1.39. The van der Waals surface area contributed by atoms with Crippen molar-refractivity contribution in [2.24, 2.45) is 7.05 Å². The molecular formula is C29H34N10O2. The number of likely N-dealkylation sites (N-methyl/N-ethyl adjacent to an activating group) is 1. The summed E-state index contributed by atoms with van der Waals surface area (Å²) in [5, 5.41) is 20.1. The zero-order valence-corrected chi connectivity index (χ0v) is 23.7. The summed E-state index contributed by atoms with van der Waals surface area (Å²) in [5.74, 6) is 1.78. The van der Waals surface area contributed by atoms with E-state index in [-0.39, 0.29) is 12.1 Å². The molecule has 1 aromatic carbocycles. The molecule has 0 unspecified atom stereocenters. The first kappa shape index (κ1) is 26.7. The van der Waals surface area contributed by atoms with Gasteiger partial charge in [0.1, 0.15) is 11.0 Å². The van der Waals surface area contributed by atoms with Gasteiger partial charge in [0.25, 0.3) is 5.56 Å². The quantitative estimate of drug-likeness (QED) is 0.293. The van der Waals surface area contributed by atoms with Gasteiger partial charge in [-0.05, 0) is 51.2 Å². The standard InChI is InChI=1S/C29H34N10O2/c1-6-12-38-27(40)21-18-30-28(33-25(21)39(38)24-9-7-8-23(32-24)29(2,3)41)31-19-10-11-20-22(17-19)36(5)34-26(20)37-15-13-35(4)14-16-37/h6-11,17-18,41H,1,12-16H2,2-5H3,(H,30,31,33). The third-order valence-corrected chi connectivity index (χ3v) is 7.45. The third-order valence-electron chi connectivity index (χ3n) is 7.45. The van der Waals surface area contributed by atoms with Gasteiger partial charge in [-0.1, -0.05) is 12.1 Å². The minimum Gasteiger partial charge on any atom is -0.384 e. The number of benzene rings is 1. The third kappa shape index (κ3) is 4.85. The Morgan fingerprint density at radius 3 is 2.59 bits per heavy atom. The van der Waals surface area contributed by atoms with Gasteiger partial charge in [0.15, 0.2) is 17.3 Å². The van der Waals surface area contributed by atoms with Crippen LogP contribution in [0.3, 0.4) is 0 Å². The van der Waals surface area contributed by atoms with Gasteiger partial charge >= 0.3 is 0 Å². The van der Waals surface area contributed by atoms with E-state index in [1.54, 1.807) is 42.8 Å². The van der Waals surface area contributed by atoms with Crippen molar-refractivity contribution in [1.29, 1.82) is 0 Å². The second-order valence-electron chi connectivity index (χ2n) is 11.0. The summed E-state index contributed by atoms with van der Waals surface area (Å²) in [6.45, 7) is 11.3. The van der Waals surface area contributed by atoms with Crippen LogP contribution in [0.25, 0.3) is 27.8 Å². The largest absolute Gasteiger partial charge is 0.384 e. The lowest BCUT2D eigenvalue weighted by Gasteiger charge is -2.32. The number of aryl methyl sites for hydroxylation is 1. The van der Waals surface area contributed by atoms with Crippen LogP contribution in [0.2, 0.25) is 0 Å². The molecule has 0 atom stereocenters.